The van der Waals surface area contributed by atoms with Gasteiger partial charge in [0.1, 0.15) is 5.75 Å². The number of phenolic OH excluding ortho intramolecular Hbond substituents is 1. The lowest BCUT2D eigenvalue weighted by atomic mass is 10.2. The van der Waals surface area contributed by atoms with Crippen molar-refractivity contribution < 1.29 is 13.5 Å². The summed E-state index contributed by atoms with van der Waals surface area (Å²) < 4.78 is 26.0. The minimum Gasteiger partial charge on any atom is -0.508 e. The highest BCUT2D eigenvalue weighted by Crippen LogP contribution is 2.18. The van der Waals surface area contributed by atoms with Crippen LogP contribution >= 0.6 is 0 Å². The SMILES string of the molecule is CN(Cc1ccc(O)cc1)S(=O)(=O)Cc1ccccc1N. The molecule has 2 aromatic rings. The van der Waals surface area contributed by atoms with Gasteiger partial charge in [-0.05, 0) is 29.3 Å². The quantitative estimate of drug-likeness (QED) is 0.827. The molecular weight excluding hydrogens is 288 g/mol. The first kappa shape index (κ1) is 15.3. The molecule has 0 spiro atoms. The number of nitrogens with zero attached hydrogens (tertiary/aromatic N) is 1. The molecule has 0 saturated carbocycles. The zero-order chi connectivity index (χ0) is 15.5. The van der Waals surface area contributed by atoms with Crippen LogP contribution in [0.5, 0.6) is 5.75 Å². The van der Waals surface area contributed by atoms with Gasteiger partial charge in [0.2, 0.25) is 10.0 Å². The van der Waals surface area contributed by atoms with E-state index in [4.69, 9.17) is 5.73 Å². The van der Waals surface area contributed by atoms with Gasteiger partial charge in [0.25, 0.3) is 0 Å². The Bertz CT molecular complexity index is 712. The van der Waals surface area contributed by atoms with Crippen molar-refractivity contribution in [3.8, 4) is 5.75 Å². The van der Waals surface area contributed by atoms with E-state index in [1.807, 2.05) is 0 Å². The molecule has 0 fully saturated rings. The Hall–Kier alpha value is -2.05. The van der Waals surface area contributed by atoms with Gasteiger partial charge in [0.05, 0.1) is 5.75 Å². The highest BCUT2D eigenvalue weighted by molar-refractivity contribution is 7.88. The maximum atomic E-state index is 12.3. The molecule has 6 heteroatoms. The van der Waals surface area contributed by atoms with Gasteiger partial charge < -0.3 is 10.8 Å². The number of rotatable bonds is 5. The topological polar surface area (TPSA) is 83.6 Å². The van der Waals surface area contributed by atoms with Crippen LogP contribution in [-0.2, 0) is 22.3 Å². The molecule has 2 rings (SSSR count). The van der Waals surface area contributed by atoms with E-state index >= 15 is 0 Å². The Kier molecular flexibility index (Phi) is 4.50. The molecular formula is C15H18N2O3S. The van der Waals surface area contributed by atoms with Crippen molar-refractivity contribution in [2.45, 2.75) is 12.3 Å². The summed E-state index contributed by atoms with van der Waals surface area (Å²) in [5, 5.41) is 9.23. The number of sulfonamides is 1. The van der Waals surface area contributed by atoms with Crippen molar-refractivity contribution >= 4 is 15.7 Å². The third-order valence-corrected chi connectivity index (χ3v) is 4.96. The Balaban J connectivity index is 2.12. The number of nitrogens with two attached hydrogens (primary N) is 1. The third-order valence-electron chi connectivity index (χ3n) is 3.21. The van der Waals surface area contributed by atoms with Gasteiger partial charge in [-0.25, -0.2) is 12.7 Å². The maximum absolute atomic E-state index is 12.3. The fourth-order valence-electron chi connectivity index (χ4n) is 1.93. The van der Waals surface area contributed by atoms with Gasteiger partial charge in [-0.2, -0.15) is 0 Å². The second kappa shape index (κ2) is 6.15. The molecule has 2 aromatic carbocycles. The molecule has 3 N–H and O–H groups in total. The third kappa shape index (κ3) is 3.96. The second-order valence-corrected chi connectivity index (χ2v) is 6.95. The van der Waals surface area contributed by atoms with Crippen molar-refractivity contribution in [1.29, 1.82) is 0 Å². The second-order valence-electron chi connectivity index (χ2n) is 4.88. The van der Waals surface area contributed by atoms with Crippen molar-refractivity contribution in [1.82, 2.24) is 4.31 Å². The first-order chi connectivity index (χ1) is 9.88. The maximum Gasteiger partial charge on any atom is 0.218 e. The average molecular weight is 306 g/mol. The predicted molar refractivity (Wildman–Crippen MR) is 83.1 cm³/mol. The van der Waals surface area contributed by atoms with Gasteiger partial charge in [0.15, 0.2) is 0 Å². The lowest BCUT2D eigenvalue weighted by Crippen LogP contribution is -2.28. The number of aromatic hydroxyl groups is 1. The normalized spacial score (nSPS) is 11.7. The Morgan fingerprint density at radius 3 is 2.33 bits per heavy atom. The van der Waals surface area contributed by atoms with Crippen LogP contribution in [0.3, 0.4) is 0 Å². The Labute approximate surface area is 124 Å². The Morgan fingerprint density at radius 2 is 1.71 bits per heavy atom. The van der Waals surface area contributed by atoms with Gasteiger partial charge in [-0.15, -0.1) is 0 Å². The predicted octanol–water partition coefficient (Wildman–Crippen LogP) is 1.94. The van der Waals surface area contributed by atoms with Crippen molar-refractivity contribution in [3.63, 3.8) is 0 Å². The van der Waals surface area contributed by atoms with E-state index in [1.54, 1.807) is 36.4 Å². The van der Waals surface area contributed by atoms with Crippen LogP contribution in [-0.4, -0.2) is 24.9 Å². The van der Waals surface area contributed by atoms with E-state index in [-0.39, 0.29) is 18.0 Å². The van der Waals surface area contributed by atoms with Crippen LogP contribution in [0.15, 0.2) is 48.5 Å². The lowest BCUT2D eigenvalue weighted by Gasteiger charge is -2.18. The molecule has 0 bridgehead atoms. The fourth-order valence-corrected chi connectivity index (χ4v) is 3.15. The molecule has 0 aliphatic rings. The molecule has 112 valence electrons. The summed E-state index contributed by atoms with van der Waals surface area (Å²) in [4.78, 5) is 0. The Morgan fingerprint density at radius 1 is 1.10 bits per heavy atom. The van der Waals surface area contributed by atoms with Crippen LogP contribution in [0.4, 0.5) is 5.69 Å². The van der Waals surface area contributed by atoms with E-state index in [1.165, 1.54) is 23.5 Å². The first-order valence-electron chi connectivity index (χ1n) is 6.44. The molecule has 0 saturated heterocycles. The summed E-state index contributed by atoms with van der Waals surface area (Å²) in [6.45, 7) is 0.245. The van der Waals surface area contributed by atoms with Gasteiger partial charge in [0, 0.05) is 19.3 Å². The number of hydrogen-bond donors (Lipinski definition) is 2. The van der Waals surface area contributed by atoms with Crippen LogP contribution in [0.25, 0.3) is 0 Å². The number of hydrogen-bond acceptors (Lipinski definition) is 4. The molecule has 0 unspecified atom stereocenters. The summed E-state index contributed by atoms with van der Waals surface area (Å²) >= 11 is 0. The number of anilines is 1. The fraction of sp³-hybridized carbons (Fsp3) is 0.200. The standard InChI is InChI=1S/C15H18N2O3S/c1-17(10-12-6-8-14(18)9-7-12)21(19,20)11-13-4-2-3-5-15(13)16/h2-9,18H,10-11,16H2,1H3. The minimum atomic E-state index is -3.45. The average Bonchev–Trinajstić information content (AvgIpc) is 2.43. The number of para-hydroxylation sites is 1. The van der Waals surface area contributed by atoms with Crippen molar-refractivity contribution in [2.75, 3.05) is 12.8 Å². The van der Waals surface area contributed by atoms with Gasteiger partial charge >= 0.3 is 0 Å². The van der Waals surface area contributed by atoms with Crippen LogP contribution in [0.2, 0.25) is 0 Å². The van der Waals surface area contributed by atoms with Gasteiger partial charge in [-0.1, -0.05) is 30.3 Å². The van der Waals surface area contributed by atoms with E-state index in [9.17, 15) is 13.5 Å². The molecule has 0 aliphatic carbocycles. The molecule has 0 atom stereocenters. The highest BCUT2D eigenvalue weighted by atomic mass is 32.2. The number of phenols is 1. The molecule has 0 radical (unpaired) electrons. The monoisotopic (exact) mass is 306 g/mol. The minimum absolute atomic E-state index is 0.131. The molecule has 0 aliphatic heterocycles. The summed E-state index contributed by atoms with van der Waals surface area (Å²) in [5.41, 5.74) is 7.66. The summed E-state index contributed by atoms with van der Waals surface area (Å²) in [7, 11) is -1.92. The first-order valence-corrected chi connectivity index (χ1v) is 8.05. The van der Waals surface area contributed by atoms with Crippen LogP contribution in [0, 0.1) is 0 Å². The smallest absolute Gasteiger partial charge is 0.218 e. The van der Waals surface area contributed by atoms with E-state index in [0.717, 1.165) is 5.56 Å². The van der Waals surface area contributed by atoms with Crippen molar-refractivity contribution in [2.24, 2.45) is 0 Å². The van der Waals surface area contributed by atoms with Crippen molar-refractivity contribution in [3.05, 3.63) is 59.7 Å². The molecule has 0 aromatic heterocycles. The van der Waals surface area contributed by atoms with E-state index < -0.39 is 10.0 Å². The highest BCUT2D eigenvalue weighted by Gasteiger charge is 2.19. The number of nitrogen functional groups attached to an aromatic ring is 1. The zero-order valence-corrected chi connectivity index (χ0v) is 12.5. The lowest BCUT2D eigenvalue weighted by molar-refractivity contribution is 0.463. The van der Waals surface area contributed by atoms with E-state index in [2.05, 4.69) is 0 Å². The molecule has 0 heterocycles. The van der Waals surface area contributed by atoms with E-state index in [0.29, 0.717) is 11.3 Å². The summed E-state index contributed by atoms with van der Waals surface area (Å²) in [5.74, 6) is 0.0233. The van der Waals surface area contributed by atoms with Gasteiger partial charge in [-0.3, -0.25) is 0 Å². The summed E-state index contributed by atoms with van der Waals surface area (Å²) in [6.07, 6.45) is 0. The van der Waals surface area contributed by atoms with Crippen LogP contribution < -0.4 is 5.73 Å². The molecule has 21 heavy (non-hydrogen) atoms. The molecule has 0 amide bonds. The molecule has 5 nitrogen and oxygen atoms in total. The zero-order valence-electron chi connectivity index (χ0n) is 11.7. The van der Waals surface area contributed by atoms with Crippen LogP contribution in [0.1, 0.15) is 11.1 Å². The largest absolute Gasteiger partial charge is 0.508 e. The summed E-state index contributed by atoms with van der Waals surface area (Å²) in [6, 6.07) is 13.4. The number of benzene rings is 2.